The summed E-state index contributed by atoms with van der Waals surface area (Å²) in [6, 6.07) is 8.94. The van der Waals surface area contributed by atoms with Crippen LogP contribution in [-0.2, 0) is 4.79 Å². The average Bonchev–Trinajstić information content (AvgIpc) is 2.96. The number of carbonyl (C=O) groups excluding carboxylic acids is 2. The Morgan fingerprint density at radius 1 is 1.19 bits per heavy atom. The Hall–Kier alpha value is -2.55. The Balaban J connectivity index is 1.76. The second kappa shape index (κ2) is 7.36. The topological polar surface area (TPSA) is 58.6 Å². The van der Waals surface area contributed by atoms with Gasteiger partial charge in [-0.2, -0.15) is 0 Å². The fraction of sp³-hybridized carbons (Fsp3) is 0.294. The van der Waals surface area contributed by atoms with Gasteiger partial charge in [0.2, 0.25) is 5.91 Å². The van der Waals surface area contributed by atoms with Crippen LogP contribution in [0.25, 0.3) is 10.4 Å². The highest BCUT2D eigenvalue weighted by Crippen LogP contribution is 2.32. The first-order valence-corrected chi connectivity index (χ1v) is 8.65. The van der Waals surface area contributed by atoms with Crippen molar-refractivity contribution in [1.82, 2.24) is 10.2 Å². The lowest BCUT2D eigenvalue weighted by atomic mass is 10.2. The average molecular weight is 384 g/mol. The summed E-state index contributed by atoms with van der Waals surface area (Å²) in [5, 5.41) is 2.70. The first kappa shape index (κ1) is 18.2. The van der Waals surface area contributed by atoms with Crippen LogP contribution in [0.3, 0.4) is 0 Å². The molecule has 0 atom stereocenters. The summed E-state index contributed by atoms with van der Waals surface area (Å²) in [6.45, 7) is 1.17. The minimum absolute atomic E-state index is 0.0892. The molecule has 5 nitrogen and oxygen atoms in total. The molecule has 3 rings (SSSR count). The van der Waals surface area contributed by atoms with Crippen molar-refractivity contribution >= 4 is 23.2 Å². The third-order valence-electron chi connectivity index (χ3n) is 3.77. The predicted molar refractivity (Wildman–Crippen MR) is 90.0 cm³/mol. The largest absolute Gasteiger partial charge is 0.573 e. The van der Waals surface area contributed by atoms with Gasteiger partial charge in [-0.05, 0) is 29.8 Å². The number of ether oxygens (including phenoxy) is 1. The number of thiophene rings is 1. The van der Waals surface area contributed by atoms with Crippen LogP contribution in [0, 0.1) is 0 Å². The van der Waals surface area contributed by atoms with Crippen molar-refractivity contribution in [3.05, 3.63) is 41.3 Å². The van der Waals surface area contributed by atoms with Crippen molar-refractivity contribution < 1.29 is 27.5 Å². The second-order valence-electron chi connectivity index (χ2n) is 5.63. The smallest absolute Gasteiger partial charge is 0.406 e. The van der Waals surface area contributed by atoms with Gasteiger partial charge in [0.15, 0.2) is 0 Å². The van der Waals surface area contributed by atoms with E-state index in [9.17, 15) is 22.8 Å². The Morgan fingerprint density at radius 3 is 2.77 bits per heavy atom. The normalized spacial score (nSPS) is 15.3. The van der Waals surface area contributed by atoms with Gasteiger partial charge in [0.05, 0.1) is 4.88 Å². The lowest BCUT2D eigenvalue weighted by Gasteiger charge is -2.18. The number of benzene rings is 1. The monoisotopic (exact) mass is 384 g/mol. The molecule has 1 fully saturated rings. The lowest BCUT2D eigenvalue weighted by Crippen LogP contribution is -2.33. The molecule has 2 heterocycles. The van der Waals surface area contributed by atoms with E-state index >= 15 is 0 Å². The van der Waals surface area contributed by atoms with Crippen molar-refractivity contribution in [2.45, 2.75) is 12.8 Å². The molecule has 138 valence electrons. The molecule has 1 aromatic heterocycles. The molecule has 0 unspecified atom stereocenters. The molecule has 0 radical (unpaired) electrons. The number of amides is 2. The standard InChI is InChI=1S/C17H15F3N2O3S/c18-17(19,20)25-12-3-1-2-11(10-12)13-4-5-14(26-13)16(24)22-8-6-15(23)21-7-9-22/h1-5,10H,6-9H2,(H,21,23). The number of hydrogen-bond acceptors (Lipinski definition) is 4. The molecule has 1 N–H and O–H groups in total. The maximum Gasteiger partial charge on any atom is 0.573 e. The van der Waals surface area contributed by atoms with Crippen LogP contribution in [0.15, 0.2) is 36.4 Å². The van der Waals surface area contributed by atoms with Crippen LogP contribution in [0.5, 0.6) is 5.75 Å². The number of hydrogen-bond donors (Lipinski definition) is 1. The van der Waals surface area contributed by atoms with Gasteiger partial charge >= 0.3 is 6.36 Å². The summed E-state index contributed by atoms with van der Waals surface area (Å²) in [6.07, 6.45) is -4.51. The molecule has 0 aliphatic carbocycles. The summed E-state index contributed by atoms with van der Waals surface area (Å²) in [4.78, 5) is 26.7. The number of nitrogens with zero attached hydrogens (tertiary/aromatic N) is 1. The van der Waals surface area contributed by atoms with Crippen LogP contribution in [0.2, 0.25) is 0 Å². The van der Waals surface area contributed by atoms with Gasteiger partial charge in [-0.1, -0.05) is 12.1 Å². The van der Waals surface area contributed by atoms with Crippen molar-refractivity contribution in [3.8, 4) is 16.2 Å². The number of alkyl halides is 3. The van der Waals surface area contributed by atoms with Gasteiger partial charge in [-0.3, -0.25) is 9.59 Å². The first-order valence-electron chi connectivity index (χ1n) is 7.84. The highest BCUT2D eigenvalue weighted by molar-refractivity contribution is 7.17. The third kappa shape index (κ3) is 4.54. The van der Waals surface area contributed by atoms with E-state index < -0.39 is 6.36 Å². The van der Waals surface area contributed by atoms with Crippen LogP contribution < -0.4 is 10.1 Å². The van der Waals surface area contributed by atoms with Gasteiger partial charge in [-0.15, -0.1) is 24.5 Å². The Morgan fingerprint density at radius 2 is 2.00 bits per heavy atom. The van der Waals surface area contributed by atoms with E-state index in [0.29, 0.717) is 35.0 Å². The first-order chi connectivity index (χ1) is 12.3. The molecule has 9 heteroatoms. The molecule has 0 bridgehead atoms. The molecule has 1 saturated heterocycles. The molecular formula is C17H15F3N2O3S. The molecule has 0 spiro atoms. The zero-order chi connectivity index (χ0) is 18.7. The number of nitrogens with one attached hydrogen (secondary N) is 1. The van der Waals surface area contributed by atoms with E-state index in [-0.39, 0.29) is 24.0 Å². The van der Waals surface area contributed by atoms with Crippen molar-refractivity contribution in [2.75, 3.05) is 19.6 Å². The van der Waals surface area contributed by atoms with Crippen LogP contribution in [-0.4, -0.2) is 42.7 Å². The molecular weight excluding hydrogens is 369 g/mol. The number of rotatable bonds is 3. The zero-order valence-electron chi connectivity index (χ0n) is 13.5. The van der Waals surface area contributed by atoms with E-state index in [0.717, 1.165) is 0 Å². The van der Waals surface area contributed by atoms with Gasteiger partial charge in [0, 0.05) is 30.9 Å². The minimum Gasteiger partial charge on any atom is -0.406 e. The van der Waals surface area contributed by atoms with Crippen molar-refractivity contribution in [2.24, 2.45) is 0 Å². The predicted octanol–water partition coefficient (Wildman–Crippen LogP) is 3.28. The fourth-order valence-electron chi connectivity index (χ4n) is 2.58. The SMILES string of the molecule is O=C1CCN(C(=O)c2ccc(-c3cccc(OC(F)(F)F)c3)s2)CCN1. The van der Waals surface area contributed by atoms with Gasteiger partial charge in [0.25, 0.3) is 5.91 Å². The van der Waals surface area contributed by atoms with Crippen molar-refractivity contribution in [1.29, 1.82) is 0 Å². The van der Waals surface area contributed by atoms with E-state index in [4.69, 9.17) is 0 Å². The number of halogens is 3. The fourth-order valence-corrected chi connectivity index (χ4v) is 3.55. The van der Waals surface area contributed by atoms with Crippen molar-refractivity contribution in [3.63, 3.8) is 0 Å². The molecule has 0 saturated carbocycles. The molecule has 2 amide bonds. The molecule has 1 aromatic carbocycles. The highest BCUT2D eigenvalue weighted by atomic mass is 32.1. The quantitative estimate of drug-likeness (QED) is 0.884. The van der Waals surface area contributed by atoms with Crippen LogP contribution in [0.4, 0.5) is 13.2 Å². The van der Waals surface area contributed by atoms with Gasteiger partial charge < -0.3 is 15.0 Å². The summed E-state index contributed by atoms with van der Waals surface area (Å²) >= 11 is 1.19. The van der Waals surface area contributed by atoms with E-state index in [1.165, 1.54) is 29.5 Å². The second-order valence-corrected chi connectivity index (χ2v) is 6.72. The zero-order valence-corrected chi connectivity index (χ0v) is 14.3. The summed E-state index contributed by atoms with van der Waals surface area (Å²) in [5.41, 5.74) is 0.531. The molecule has 2 aromatic rings. The van der Waals surface area contributed by atoms with E-state index in [2.05, 4.69) is 10.1 Å². The van der Waals surface area contributed by atoms with Crippen LogP contribution >= 0.6 is 11.3 Å². The maximum absolute atomic E-state index is 12.6. The van der Waals surface area contributed by atoms with Gasteiger partial charge in [-0.25, -0.2) is 0 Å². The number of carbonyl (C=O) groups is 2. The lowest BCUT2D eigenvalue weighted by molar-refractivity contribution is -0.274. The Bertz CT molecular complexity index is 820. The highest BCUT2D eigenvalue weighted by Gasteiger charge is 2.31. The van der Waals surface area contributed by atoms with E-state index in [1.54, 1.807) is 23.1 Å². The summed E-state index contributed by atoms with van der Waals surface area (Å²) in [5.74, 6) is -0.595. The molecule has 1 aliphatic rings. The minimum atomic E-state index is -4.76. The van der Waals surface area contributed by atoms with Crippen LogP contribution in [0.1, 0.15) is 16.1 Å². The maximum atomic E-state index is 12.6. The molecule has 1 aliphatic heterocycles. The van der Waals surface area contributed by atoms with Gasteiger partial charge in [0.1, 0.15) is 5.75 Å². The Labute approximate surface area is 151 Å². The third-order valence-corrected chi connectivity index (χ3v) is 4.89. The summed E-state index contributed by atoms with van der Waals surface area (Å²) < 4.78 is 41.0. The molecule has 26 heavy (non-hydrogen) atoms. The Kier molecular flexibility index (Phi) is 5.17. The summed E-state index contributed by atoms with van der Waals surface area (Å²) in [7, 11) is 0. The van der Waals surface area contributed by atoms with E-state index in [1.807, 2.05) is 0 Å².